The molecule has 1 N–H and O–H groups in total. The summed E-state index contributed by atoms with van der Waals surface area (Å²) in [4.78, 5) is 16.2. The maximum atomic E-state index is 11.5. The fourth-order valence-corrected chi connectivity index (χ4v) is 3.17. The van der Waals surface area contributed by atoms with Gasteiger partial charge in [0.1, 0.15) is 0 Å². The molecule has 114 valence electrons. The summed E-state index contributed by atoms with van der Waals surface area (Å²) >= 11 is 0. The molecule has 0 saturated carbocycles. The van der Waals surface area contributed by atoms with Gasteiger partial charge in [-0.15, -0.1) is 0 Å². The SMILES string of the molecule is O=C(O)C1CN(CCN2CCOCC2)Cc2ccccc21. The summed E-state index contributed by atoms with van der Waals surface area (Å²) in [5, 5.41) is 9.47. The minimum absolute atomic E-state index is 0.403. The van der Waals surface area contributed by atoms with Crippen LogP contribution in [0.4, 0.5) is 0 Å². The molecule has 0 amide bonds. The summed E-state index contributed by atoms with van der Waals surface area (Å²) in [6, 6.07) is 7.92. The normalized spacial score (nSPS) is 23.7. The van der Waals surface area contributed by atoms with E-state index in [4.69, 9.17) is 4.74 Å². The quantitative estimate of drug-likeness (QED) is 0.896. The third kappa shape index (κ3) is 3.43. The van der Waals surface area contributed by atoms with Crippen molar-refractivity contribution in [2.75, 3.05) is 45.9 Å². The average molecular weight is 290 g/mol. The summed E-state index contributed by atoms with van der Waals surface area (Å²) in [5.74, 6) is -1.13. The third-order valence-corrected chi connectivity index (χ3v) is 4.40. The number of morpholine rings is 1. The predicted molar refractivity (Wildman–Crippen MR) is 79.4 cm³/mol. The van der Waals surface area contributed by atoms with Gasteiger partial charge < -0.3 is 9.84 Å². The van der Waals surface area contributed by atoms with Crippen LogP contribution in [0, 0.1) is 0 Å². The lowest BCUT2D eigenvalue weighted by atomic mass is 9.90. The van der Waals surface area contributed by atoms with Crippen molar-refractivity contribution in [3.63, 3.8) is 0 Å². The molecule has 0 bridgehead atoms. The lowest BCUT2D eigenvalue weighted by molar-refractivity contribution is -0.139. The van der Waals surface area contributed by atoms with Crippen LogP contribution in [0.5, 0.6) is 0 Å². The number of carbonyl (C=O) groups is 1. The first kappa shape index (κ1) is 14.5. The van der Waals surface area contributed by atoms with Crippen molar-refractivity contribution in [1.29, 1.82) is 0 Å². The van der Waals surface area contributed by atoms with Crippen LogP contribution in [0.25, 0.3) is 0 Å². The van der Waals surface area contributed by atoms with Crippen LogP contribution < -0.4 is 0 Å². The van der Waals surface area contributed by atoms with Gasteiger partial charge in [0.05, 0.1) is 19.1 Å². The van der Waals surface area contributed by atoms with Gasteiger partial charge in [-0.2, -0.15) is 0 Å². The number of hydrogen-bond donors (Lipinski definition) is 1. The third-order valence-electron chi connectivity index (χ3n) is 4.40. The van der Waals surface area contributed by atoms with Gasteiger partial charge in [0.15, 0.2) is 0 Å². The molecular weight excluding hydrogens is 268 g/mol. The Kier molecular flexibility index (Phi) is 4.53. The first-order valence-corrected chi connectivity index (χ1v) is 7.57. The van der Waals surface area contributed by atoms with Gasteiger partial charge in [0, 0.05) is 39.3 Å². The summed E-state index contributed by atoms with van der Waals surface area (Å²) in [7, 11) is 0. The zero-order valence-corrected chi connectivity index (χ0v) is 12.2. The largest absolute Gasteiger partial charge is 0.481 e. The number of carboxylic acids is 1. The number of fused-ring (bicyclic) bond motifs is 1. The fourth-order valence-electron chi connectivity index (χ4n) is 3.17. The molecule has 5 nitrogen and oxygen atoms in total. The maximum absolute atomic E-state index is 11.5. The average Bonchev–Trinajstić information content (AvgIpc) is 2.53. The monoisotopic (exact) mass is 290 g/mol. The van der Waals surface area contributed by atoms with E-state index in [0.29, 0.717) is 6.54 Å². The minimum Gasteiger partial charge on any atom is -0.481 e. The van der Waals surface area contributed by atoms with Crippen molar-refractivity contribution in [2.45, 2.75) is 12.5 Å². The highest BCUT2D eigenvalue weighted by Gasteiger charge is 2.30. The Morgan fingerprint density at radius 1 is 1.19 bits per heavy atom. The highest BCUT2D eigenvalue weighted by Crippen LogP contribution is 2.28. The van der Waals surface area contributed by atoms with E-state index in [9.17, 15) is 9.90 Å². The van der Waals surface area contributed by atoms with Crippen LogP contribution in [0.2, 0.25) is 0 Å². The number of nitrogens with zero attached hydrogens (tertiary/aromatic N) is 2. The Morgan fingerprint density at radius 3 is 2.67 bits per heavy atom. The van der Waals surface area contributed by atoms with Gasteiger partial charge in [0.2, 0.25) is 0 Å². The molecule has 1 aromatic carbocycles. The standard InChI is InChI=1S/C16H22N2O3/c19-16(20)15-12-18(6-5-17-7-9-21-10-8-17)11-13-3-1-2-4-14(13)15/h1-4,15H,5-12H2,(H,19,20). The second-order valence-electron chi connectivity index (χ2n) is 5.78. The highest BCUT2D eigenvalue weighted by atomic mass is 16.5. The molecule has 1 atom stereocenters. The first-order valence-electron chi connectivity index (χ1n) is 7.57. The van der Waals surface area contributed by atoms with Crippen LogP contribution in [0.15, 0.2) is 24.3 Å². The number of ether oxygens (including phenoxy) is 1. The number of carboxylic acid groups (broad SMARTS) is 1. The molecule has 1 unspecified atom stereocenters. The molecule has 1 saturated heterocycles. The van der Waals surface area contributed by atoms with Crippen molar-refractivity contribution < 1.29 is 14.6 Å². The van der Waals surface area contributed by atoms with Crippen LogP contribution >= 0.6 is 0 Å². The highest BCUT2D eigenvalue weighted by molar-refractivity contribution is 5.77. The molecule has 2 heterocycles. The van der Waals surface area contributed by atoms with Gasteiger partial charge in [0.25, 0.3) is 0 Å². The van der Waals surface area contributed by atoms with Crippen LogP contribution in [-0.2, 0) is 16.1 Å². The van der Waals surface area contributed by atoms with E-state index in [0.717, 1.165) is 57.1 Å². The molecular formula is C16H22N2O3. The van der Waals surface area contributed by atoms with Crippen molar-refractivity contribution in [1.82, 2.24) is 9.80 Å². The van der Waals surface area contributed by atoms with E-state index >= 15 is 0 Å². The molecule has 3 rings (SSSR count). The molecule has 1 aromatic rings. The molecule has 2 aliphatic rings. The second kappa shape index (κ2) is 6.56. The molecule has 21 heavy (non-hydrogen) atoms. The number of benzene rings is 1. The van der Waals surface area contributed by atoms with E-state index in [1.54, 1.807) is 0 Å². The number of hydrogen-bond acceptors (Lipinski definition) is 4. The van der Waals surface area contributed by atoms with Crippen molar-refractivity contribution in [2.24, 2.45) is 0 Å². The summed E-state index contributed by atoms with van der Waals surface area (Å²) in [6.45, 7) is 6.93. The van der Waals surface area contributed by atoms with E-state index in [1.165, 1.54) is 0 Å². The molecule has 0 radical (unpaired) electrons. The zero-order valence-electron chi connectivity index (χ0n) is 12.2. The smallest absolute Gasteiger partial charge is 0.312 e. The van der Waals surface area contributed by atoms with E-state index < -0.39 is 11.9 Å². The Balaban J connectivity index is 1.64. The minimum atomic E-state index is -0.724. The van der Waals surface area contributed by atoms with E-state index in [2.05, 4.69) is 9.80 Å². The predicted octanol–water partition coefficient (Wildman–Crippen LogP) is 1.00. The van der Waals surface area contributed by atoms with Gasteiger partial charge in [-0.05, 0) is 11.1 Å². The zero-order chi connectivity index (χ0) is 14.7. The van der Waals surface area contributed by atoms with Gasteiger partial charge >= 0.3 is 5.97 Å². The molecule has 0 aliphatic carbocycles. The van der Waals surface area contributed by atoms with Crippen molar-refractivity contribution in [3.8, 4) is 0 Å². The molecule has 0 aromatic heterocycles. The topological polar surface area (TPSA) is 53.0 Å². The Bertz CT molecular complexity index is 500. The summed E-state index contributed by atoms with van der Waals surface area (Å²) in [5.41, 5.74) is 2.13. The maximum Gasteiger partial charge on any atom is 0.312 e. The molecule has 5 heteroatoms. The van der Waals surface area contributed by atoms with Crippen molar-refractivity contribution in [3.05, 3.63) is 35.4 Å². The summed E-state index contributed by atoms with van der Waals surface area (Å²) in [6.07, 6.45) is 0. The van der Waals surface area contributed by atoms with Crippen LogP contribution in [-0.4, -0.2) is 66.8 Å². The molecule has 2 aliphatic heterocycles. The van der Waals surface area contributed by atoms with Crippen molar-refractivity contribution >= 4 is 5.97 Å². The lowest BCUT2D eigenvalue weighted by Gasteiger charge is -2.35. The van der Waals surface area contributed by atoms with Gasteiger partial charge in [-0.3, -0.25) is 14.6 Å². The van der Waals surface area contributed by atoms with E-state index in [1.807, 2.05) is 24.3 Å². The van der Waals surface area contributed by atoms with Gasteiger partial charge in [-0.1, -0.05) is 24.3 Å². The molecule has 1 fully saturated rings. The second-order valence-corrected chi connectivity index (χ2v) is 5.78. The lowest BCUT2D eigenvalue weighted by Crippen LogP contribution is -2.44. The first-order chi connectivity index (χ1) is 10.2. The van der Waals surface area contributed by atoms with Crippen LogP contribution in [0.3, 0.4) is 0 Å². The Hall–Kier alpha value is -1.43. The van der Waals surface area contributed by atoms with Crippen LogP contribution in [0.1, 0.15) is 17.0 Å². The number of rotatable bonds is 4. The Morgan fingerprint density at radius 2 is 1.90 bits per heavy atom. The number of aliphatic carboxylic acids is 1. The fraction of sp³-hybridized carbons (Fsp3) is 0.562. The summed E-state index contributed by atoms with van der Waals surface area (Å²) < 4.78 is 5.35. The molecule has 0 spiro atoms. The van der Waals surface area contributed by atoms with Gasteiger partial charge in [-0.25, -0.2) is 0 Å². The van der Waals surface area contributed by atoms with E-state index in [-0.39, 0.29) is 0 Å². The Labute approximate surface area is 125 Å².